The molecule has 4 rings (SSSR count). The smallest absolute Gasteiger partial charge is 0.159 e. The first-order valence-corrected chi connectivity index (χ1v) is 11.1. The van der Waals surface area contributed by atoms with Gasteiger partial charge in [-0.05, 0) is 77.4 Å². The Bertz CT molecular complexity index is 1060. The molecule has 2 heteroatoms. The maximum atomic E-state index is 13.5. The Labute approximate surface area is 178 Å². The zero-order chi connectivity index (χ0) is 20.9. The van der Waals surface area contributed by atoms with Gasteiger partial charge < -0.3 is 0 Å². The van der Waals surface area contributed by atoms with Gasteiger partial charge in [-0.3, -0.25) is 0 Å². The van der Waals surface area contributed by atoms with Crippen LogP contribution in [0.4, 0.5) is 8.78 Å². The molecule has 3 aromatic rings. The molecule has 0 aromatic heterocycles. The summed E-state index contributed by atoms with van der Waals surface area (Å²) in [5.74, 6) is 6.50. The second-order valence-electron chi connectivity index (χ2n) is 8.61. The Morgan fingerprint density at radius 3 is 2.03 bits per heavy atom. The minimum Gasteiger partial charge on any atom is -0.204 e. The van der Waals surface area contributed by atoms with Crippen molar-refractivity contribution in [1.29, 1.82) is 0 Å². The van der Waals surface area contributed by atoms with E-state index in [0.29, 0.717) is 10.8 Å². The Hall–Kier alpha value is -2.66. The zero-order valence-corrected chi connectivity index (χ0v) is 17.6. The number of fused-ring (bicyclic) bond motifs is 1. The minimum atomic E-state index is -0.832. The van der Waals surface area contributed by atoms with Gasteiger partial charge in [-0.2, -0.15) is 0 Å². The SMILES string of the molecule is CCC1CCC(CCc2ccc(C#Cc3ccc4cc(F)c(F)cc4c3)cc2)CC1. The number of hydrogen-bond acceptors (Lipinski definition) is 0. The second-order valence-corrected chi connectivity index (χ2v) is 8.61. The highest BCUT2D eigenvalue weighted by molar-refractivity contribution is 5.84. The fourth-order valence-corrected chi connectivity index (χ4v) is 4.52. The van der Waals surface area contributed by atoms with Crippen LogP contribution in [0.5, 0.6) is 0 Å². The number of halogens is 2. The van der Waals surface area contributed by atoms with Gasteiger partial charge in [0.2, 0.25) is 0 Å². The third kappa shape index (κ3) is 5.08. The number of aryl methyl sites for hydroxylation is 1. The van der Waals surface area contributed by atoms with Crippen LogP contribution in [0, 0.1) is 35.3 Å². The first kappa shape index (κ1) is 20.6. The molecule has 1 aliphatic rings. The molecule has 0 radical (unpaired) electrons. The lowest BCUT2D eigenvalue weighted by Crippen LogP contribution is -2.14. The highest BCUT2D eigenvalue weighted by Gasteiger charge is 2.19. The van der Waals surface area contributed by atoms with Crippen molar-refractivity contribution >= 4 is 10.8 Å². The van der Waals surface area contributed by atoms with Crippen molar-refractivity contribution in [3.63, 3.8) is 0 Å². The molecule has 1 aliphatic carbocycles. The van der Waals surface area contributed by atoms with E-state index in [0.717, 1.165) is 29.4 Å². The van der Waals surface area contributed by atoms with Gasteiger partial charge in [0.15, 0.2) is 11.6 Å². The summed E-state index contributed by atoms with van der Waals surface area (Å²) in [4.78, 5) is 0. The van der Waals surface area contributed by atoms with Crippen LogP contribution in [0.15, 0.2) is 54.6 Å². The predicted molar refractivity (Wildman–Crippen MR) is 120 cm³/mol. The molecular formula is C28H28F2. The fourth-order valence-electron chi connectivity index (χ4n) is 4.52. The van der Waals surface area contributed by atoms with Crippen molar-refractivity contribution in [2.24, 2.45) is 11.8 Å². The van der Waals surface area contributed by atoms with Crippen LogP contribution in [0.3, 0.4) is 0 Å². The summed E-state index contributed by atoms with van der Waals surface area (Å²) in [7, 11) is 0. The van der Waals surface area contributed by atoms with E-state index in [4.69, 9.17) is 0 Å². The zero-order valence-electron chi connectivity index (χ0n) is 17.6. The molecular weight excluding hydrogens is 374 g/mol. The van der Waals surface area contributed by atoms with Gasteiger partial charge in [-0.15, -0.1) is 0 Å². The quantitative estimate of drug-likeness (QED) is 0.393. The lowest BCUT2D eigenvalue weighted by molar-refractivity contribution is 0.259. The molecule has 0 atom stereocenters. The van der Waals surface area contributed by atoms with Crippen LogP contribution in [0.2, 0.25) is 0 Å². The van der Waals surface area contributed by atoms with Crippen molar-refractivity contribution in [3.8, 4) is 11.8 Å². The molecule has 1 fully saturated rings. The minimum absolute atomic E-state index is 0.656. The molecule has 0 spiro atoms. The summed E-state index contributed by atoms with van der Waals surface area (Å²) in [6.45, 7) is 2.32. The Balaban J connectivity index is 1.37. The molecule has 1 saturated carbocycles. The van der Waals surface area contributed by atoms with Gasteiger partial charge in [0, 0.05) is 11.1 Å². The fraction of sp³-hybridized carbons (Fsp3) is 0.357. The molecule has 0 unspecified atom stereocenters. The van der Waals surface area contributed by atoms with Crippen molar-refractivity contribution in [1.82, 2.24) is 0 Å². The predicted octanol–water partition coefficient (Wildman–Crippen LogP) is 7.67. The monoisotopic (exact) mass is 402 g/mol. The number of benzene rings is 3. The van der Waals surface area contributed by atoms with E-state index in [2.05, 4.69) is 43.0 Å². The van der Waals surface area contributed by atoms with E-state index in [1.807, 2.05) is 6.07 Å². The number of hydrogen-bond donors (Lipinski definition) is 0. The summed E-state index contributed by atoms with van der Waals surface area (Å²) in [6, 6.07) is 16.4. The molecule has 0 N–H and O–H groups in total. The van der Waals surface area contributed by atoms with Crippen LogP contribution < -0.4 is 0 Å². The molecule has 0 saturated heterocycles. The van der Waals surface area contributed by atoms with Gasteiger partial charge in [0.05, 0.1) is 0 Å². The Morgan fingerprint density at radius 1 is 0.733 bits per heavy atom. The maximum Gasteiger partial charge on any atom is 0.159 e. The van der Waals surface area contributed by atoms with Crippen LogP contribution >= 0.6 is 0 Å². The summed E-state index contributed by atoms with van der Waals surface area (Å²) in [6.07, 6.45) is 9.37. The Kier molecular flexibility index (Phi) is 6.48. The van der Waals surface area contributed by atoms with Crippen LogP contribution in [0.25, 0.3) is 10.8 Å². The van der Waals surface area contributed by atoms with E-state index in [1.54, 1.807) is 12.1 Å². The van der Waals surface area contributed by atoms with Gasteiger partial charge in [0.1, 0.15) is 0 Å². The second kappa shape index (κ2) is 9.43. The average molecular weight is 403 g/mol. The van der Waals surface area contributed by atoms with Crippen LogP contribution in [0.1, 0.15) is 62.1 Å². The molecule has 30 heavy (non-hydrogen) atoms. The van der Waals surface area contributed by atoms with Crippen molar-refractivity contribution < 1.29 is 8.78 Å². The average Bonchev–Trinajstić information content (AvgIpc) is 2.78. The lowest BCUT2D eigenvalue weighted by atomic mass is 9.78. The standard InChI is InChI=1S/C28H28F2/c1-2-20-3-5-21(6-4-20)7-8-22-9-11-23(12-10-22)13-14-24-15-16-25-18-27(29)28(30)19-26(25)17-24/h9-12,15-21H,2-8H2,1H3. The highest BCUT2D eigenvalue weighted by atomic mass is 19.2. The first-order valence-electron chi connectivity index (χ1n) is 11.1. The Morgan fingerprint density at radius 2 is 1.33 bits per heavy atom. The largest absolute Gasteiger partial charge is 0.204 e. The molecule has 0 amide bonds. The highest BCUT2D eigenvalue weighted by Crippen LogP contribution is 2.33. The van der Waals surface area contributed by atoms with E-state index < -0.39 is 11.6 Å². The molecule has 154 valence electrons. The van der Waals surface area contributed by atoms with Crippen LogP contribution in [-0.4, -0.2) is 0 Å². The molecule has 0 heterocycles. The van der Waals surface area contributed by atoms with Gasteiger partial charge in [-0.25, -0.2) is 8.78 Å². The molecule has 0 nitrogen and oxygen atoms in total. The summed E-state index contributed by atoms with van der Waals surface area (Å²) in [5.41, 5.74) is 3.13. The topological polar surface area (TPSA) is 0 Å². The van der Waals surface area contributed by atoms with Crippen LogP contribution in [-0.2, 0) is 6.42 Å². The van der Waals surface area contributed by atoms with E-state index in [1.165, 1.54) is 56.2 Å². The third-order valence-corrected chi connectivity index (χ3v) is 6.57. The van der Waals surface area contributed by atoms with Crippen molar-refractivity contribution in [2.45, 2.75) is 51.9 Å². The van der Waals surface area contributed by atoms with E-state index in [9.17, 15) is 8.78 Å². The maximum absolute atomic E-state index is 13.5. The van der Waals surface area contributed by atoms with Gasteiger partial charge in [0.25, 0.3) is 0 Å². The third-order valence-electron chi connectivity index (χ3n) is 6.57. The van der Waals surface area contributed by atoms with E-state index >= 15 is 0 Å². The van der Waals surface area contributed by atoms with Crippen molar-refractivity contribution in [3.05, 3.63) is 82.9 Å². The normalized spacial score (nSPS) is 18.8. The molecule has 3 aromatic carbocycles. The molecule has 0 aliphatic heterocycles. The summed E-state index contributed by atoms with van der Waals surface area (Å²) in [5, 5.41) is 1.33. The van der Waals surface area contributed by atoms with Gasteiger partial charge >= 0.3 is 0 Å². The number of rotatable bonds is 4. The summed E-state index contributed by atoms with van der Waals surface area (Å²) >= 11 is 0. The molecule has 0 bridgehead atoms. The first-order chi connectivity index (χ1) is 14.6. The van der Waals surface area contributed by atoms with Gasteiger partial charge in [-0.1, -0.05) is 69.1 Å². The lowest BCUT2D eigenvalue weighted by Gasteiger charge is -2.27. The van der Waals surface area contributed by atoms with Crippen molar-refractivity contribution in [2.75, 3.05) is 0 Å². The summed E-state index contributed by atoms with van der Waals surface area (Å²) < 4.78 is 26.8. The van der Waals surface area contributed by atoms with E-state index in [-0.39, 0.29) is 0 Å².